The van der Waals surface area contributed by atoms with Gasteiger partial charge in [-0.05, 0) is 36.4 Å². The van der Waals surface area contributed by atoms with Crippen LogP contribution < -0.4 is 33.9 Å². The van der Waals surface area contributed by atoms with Gasteiger partial charge in [-0.1, -0.05) is 65.9 Å². The molecule has 4 nitrogen and oxygen atoms in total. The Hall–Kier alpha value is -2.85. The maximum Gasteiger partial charge on any atom is 0.275 e. The van der Waals surface area contributed by atoms with Gasteiger partial charge in [0.05, 0.1) is 5.69 Å². The van der Waals surface area contributed by atoms with Crippen molar-refractivity contribution in [3.63, 3.8) is 0 Å². The van der Waals surface area contributed by atoms with Crippen molar-refractivity contribution in [2.45, 2.75) is 6.16 Å². The van der Waals surface area contributed by atoms with Gasteiger partial charge in [-0.25, -0.2) is 4.98 Å². The minimum Gasteiger partial charge on any atom is -1.00 e. The summed E-state index contributed by atoms with van der Waals surface area (Å²) in [5, 5.41) is 7.92. The monoisotopic (exact) mass is 463 g/mol. The van der Waals surface area contributed by atoms with E-state index in [0.29, 0.717) is 11.1 Å². The number of hydrogen-bond acceptors (Lipinski definition) is 4. The molecule has 0 atom stereocenters. The Labute approximate surface area is 191 Å². The molecule has 3 aromatic carbocycles. The van der Waals surface area contributed by atoms with Gasteiger partial charge in [0.1, 0.15) is 34.8 Å². The van der Waals surface area contributed by atoms with E-state index in [-0.39, 0.29) is 18.0 Å². The van der Waals surface area contributed by atoms with Gasteiger partial charge < -0.3 is 12.4 Å². The summed E-state index contributed by atoms with van der Waals surface area (Å²) in [6, 6.07) is 33.5. The van der Waals surface area contributed by atoms with E-state index < -0.39 is 7.26 Å². The van der Waals surface area contributed by atoms with Gasteiger partial charge in [0.25, 0.3) is 5.56 Å². The van der Waals surface area contributed by atoms with Crippen LogP contribution in [0.25, 0.3) is 4.96 Å². The Morgan fingerprint density at radius 3 is 1.74 bits per heavy atom. The zero-order valence-electron chi connectivity index (χ0n) is 16.5. The standard InChI is InChI=1S/C24H19N3OPS.ClH/c28-23-16-19(26-24-27(23)25-18-30-24)17-29(20-10-4-1-5-11-20,21-12-6-2-7-13-21)22-14-8-3-9-15-22;/h1-16,18H,17H2;1H/q+1;/p-1. The molecular formula is C24H19ClN3OPS. The average Bonchev–Trinajstić information content (AvgIpc) is 3.29. The molecule has 31 heavy (non-hydrogen) atoms. The SMILES string of the molecule is O=c1cc(C[P+](c2ccccc2)(c2ccccc2)c2ccccc2)nc2scnn12.[Cl-]. The van der Waals surface area contributed by atoms with Crippen molar-refractivity contribution < 1.29 is 12.4 Å². The van der Waals surface area contributed by atoms with Crippen molar-refractivity contribution in [3.8, 4) is 0 Å². The summed E-state index contributed by atoms with van der Waals surface area (Å²) < 4.78 is 1.36. The lowest BCUT2D eigenvalue weighted by atomic mass is 10.3. The van der Waals surface area contributed by atoms with Crippen LogP contribution in [0.15, 0.2) is 107 Å². The second kappa shape index (κ2) is 9.11. The summed E-state index contributed by atoms with van der Waals surface area (Å²) in [5.74, 6) is 0. The van der Waals surface area contributed by atoms with E-state index in [1.807, 2.05) is 18.2 Å². The van der Waals surface area contributed by atoms with Gasteiger partial charge >= 0.3 is 0 Å². The Morgan fingerprint density at radius 2 is 1.26 bits per heavy atom. The molecule has 154 valence electrons. The maximum atomic E-state index is 12.6. The summed E-state index contributed by atoms with van der Waals surface area (Å²) in [6.07, 6.45) is 0.675. The van der Waals surface area contributed by atoms with E-state index in [9.17, 15) is 4.79 Å². The van der Waals surface area contributed by atoms with E-state index >= 15 is 0 Å². The largest absolute Gasteiger partial charge is 1.00 e. The van der Waals surface area contributed by atoms with Gasteiger partial charge in [-0.15, -0.1) is 0 Å². The van der Waals surface area contributed by atoms with Crippen LogP contribution >= 0.6 is 18.6 Å². The van der Waals surface area contributed by atoms with Crippen molar-refractivity contribution >= 4 is 39.5 Å². The number of fused-ring (bicyclic) bond motifs is 1. The van der Waals surface area contributed by atoms with Crippen LogP contribution in [-0.4, -0.2) is 14.6 Å². The van der Waals surface area contributed by atoms with Gasteiger partial charge in [-0.2, -0.15) is 9.61 Å². The fourth-order valence-electron chi connectivity index (χ4n) is 3.89. The van der Waals surface area contributed by atoms with Crippen LogP contribution in [0, 0.1) is 0 Å². The third kappa shape index (κ3) is 3.92. The molecule has 0 aliphatic rings. The number of halogens is 1. The molecule has 2 aromatic heterocycles. The third-order valence-electron chi connectivity index (χ3n) is 5.23. The van der Waals surface area contributed by atoms with Crippen molar-refractivity contribution in [3.05, 3.63) is 119 Å². The lowest BCUT2D eigenvalue weighted by Crippen LogP contribution is -3.00. The quantitative estimate of drug-likeness (QED) is 0.360. The van der Waals surface area contributed by atoms with E-state index in [2.05, 4.69) is 77.9 Å². The number of aromatic nitrogens is 3. The molecular weight excluding hydrogens is 445 g/mol. The highest BCUT2D eigenvalue weighted by Gasteiger charge is 2.45. The van der Waals surface area contributed by atoms with Gasteiger partial charge in [0, 0.05) is 6.07 Å². The Morgan fingerprint density at radius 1 is 0.774 bits per heavy atom. The molecule has 2 heterocycles. The highest BCUT2D eigenvalue weighted by Crippen LogP contribution is 2.57. The molecule has 0 aliphatic carbocycles. The highest BCUT2D eigenvalue weighted by molar-refractivity contribution is 7.95. The first-order valence-corrected chi connectivity index (χ1v) is 12.5. The Balaban J connectivity index is 0.00000231. The molecule has 0 fully saturated rings. The number of benzene rings is 3. The lowest BCUT2D eigenvalue weighted by Gasteiger charge is -2.27. The van der Waals surface area contributed by atoms with E-state index in [1.54, 1.807) is 11.6 Å². The van der Waals surface area contributed by atoms with Gasteiger partial charge in [0.2, 0.25) is 4.96 Å². The smallest absolute Gasteiger partial charge is 0.275 e. The van der Waals surface area contributed by atoms with E-state index in [1.165, 1.54) is 31.8 Å². The molecule has 0 spiro atoms. The van der Waals surface area contributed by atoms with Crippen LogP contribution in [0.3, 0.4) is 0 Å². The number of rotatable bonds is 5. The first-order chi connectivity index (χ1) is 14.8. The van der Waals surface area contributed by atoms with Crippen molar-refractivity contribution in [2.75, 3.05) is 0 Å². The third-order valence-corrected chi connectivity index (χ3v) is 10.2. The van der Waals surface area contributed by atoms with Crippen molar-refractivity contribution in [1.82, 2.24) is 14.6 Å². The Kier molecular flexibility index (Phi) is 6.28. The predicted octanol–water partition coefficient (Wildman–Crippen LogP) is 0.649. The first-order valence-electron chi connectivity index (χ1n) is 9.65. The number of nitrogens with zero attached hydrogens (tertiary/aromatic N) is 3. The first kappa shape index (κ1) is 21.4. The van der Waals surface area contributed by atoms with Gasteiger partial charge in [0.15, 0.2) is 0 Å². The molecule has 0 saturated heterocycles. The van der Waals surface area contributed by atoms with E-state index in [0.717, 1.165) is 5.69 Å². The fourth-order valence-corrected chi connectivity index (χ4v) is 8.67. The van der Waals surface area contributed by atoms with Crippen LogP contribution in [-0.2, 0) is 6.16 Å². The van der Waals surface area contributed by atoms with Gasteiger partial charge in [-0.3, -0.25) is 4.79 Å². The molecule has 0 unspecified atom stereocenters. The molecule has 5 rings (SSSR count). The zero-order chi connectivity index (χ0) is 20.4. The molecule has 0 radical (unpaired) electrons. The second-order valence-electron chi connectivity index (χ2n) is 6.99. The average molecular weight is 464 g/mol. The van der Waals surface area contributed by atoms with Crippen LogP contribution in [0.1, 0.15) is 5.69 Å². The molecule has 7 heteroatoms. The molecule has 0 saturated carbocycles. The summed E-state index contributed by atoms with van der Waals surface area (Å²) in [6.45, 7) is 0. The predicted molar refractivity (Wildman–Crippen MR) is 126 cm³/mol. The summed E-state index contributed by atoms with van der Waals surface area (Å²) in [4.78, 5) is 18.1. The van der Waals surface area contributed by atoms with E-state index in [4.69, 9.17) is 4.98 Å². The molecule has 0 aliphatic heterocycles. The topological polar surface area (TPSA) is 47.3 Å². The summed E-state index contributed by atoms with van der Waals surface area (Å²) in [5.41, 5.74) is 2.32. The zero-order valence-corrected chi connectivity index (χ0v) is 19.0. The molecule has 0 amide bonds. The Bertz CT molecular complexity index is 1240. The maximum absolute atomic E-state index is 12.6. The second-order valence-corrected chi connectivity index (χ2v) is 11.3. The minimum atomic E-state index is -2.08. The normalized spacial score (nSPS) is 11.2. The molecule has 0 N–H and O–H groups in total. The lowest BCUT2D eigenvalue weighted by molar-refractivity contribution is -0.00000597. The summed E-state index contributed by atoms with van der Waals surface area (Å²) >= 11 is 1.38. The highest BCUT2D eigenvalue weighted by atomic mass is 35.5. The fraction of sp³-hybridized carbons (Fsp3) is 0.0417. The molecule has 5 aromatic rings. The number of hydrogen-bond donors (Lipinski definition) is 0. The van der Waals surface area contributed by atoms with Crippen molar-refractivity contribution in [1.29, 1.82) is 0 Å². The minimum absolute atomic E-state index is 0. The van der Waals surface area contributed by atoms with Crippen LogP contribution in [0.2, 0.25) is 0 Å². The summed E-state index contributed by atoms with van der Waals surface area (Å²) in [7, 11) is -2.08. The van der Waals surface area contributed by atoms with Crippen molar-refractivity contribution in [2.24, 2.45) is 0 Å². The van der Waals surface area contributed by atoms with Crippen LogP contribution in [0.5, 0.6) is 0 Å². The molecule has 0 bridgehead atoms. The van der Waals surface area contributed by atoms with Crippen LogP contribution in [0.4, 0.5) is 0 Å².